The Balaban J connectivity index is 0.00000200. The Kier molecular flexibility index (Phi) is 7.22. The van der Waals surface area contributed by atoms with Crippen LogP contribution in [0.4, 0.5) is 0 Å². The first-order chi connectivity index (χ1) is 9.08. The van der Waals surface area contributed by atoms with E-state index in [1.165, 1.54) is 12.1 Å². The molecule has 20 heavy (non-hydrogen) atoms. The van der Waals surface area contributed by atoms with Crippen LogP contribution < -0.4 is 17.1 Å². The lowest BCUT2D eigenvalue weighted by Crippen LogP contribution is -3.00. The van der Waals surface area contributed by atoms with Crippen LogP contribution in [0.2, 0.25) is 5.02 Å². The molecule has 0 saturated carbocycles. The third kappa shape index (κ3) is 5.20. The van der Waals surface area contributed by atoms with Crippen molar-refractivity contribution in [1.29, 1.82) is 0 Å². The predicted molar refractivity (Wildman–Crippen MR) is 73.9 cm³/mol. The van der Waals surface area contributed by atoms with Crippen molar-refractivity contribution in [2.24, 2.45) is 0 Å². The van der Waals surface area contributed by atoms with E-state index in [1.807, 2.05) is 0 Å². The summed E-state index contributed by atoms with van der Waals surface area (Å²) in [6, 6.07) is 6.13. The van der Waals surface area contributed by atoms with Crippen molar-refractivity contribution in [1.82, 2.24) is 9.62 Å². The molecule has 0 unspecified atom stereocenters. The van der Waals surface area contributed by atoms with E-state index in [2.05, 4.69) is 9.62 Å². The summed E-state index contributed by atoms with van der Waals surface area (Å²) in [5.74, 6) is 0. The van der Waals surface area contributed by atoms with Crippen LogP contribution in [0.5, 0.6) is 0 Å². The fourth-order valence-electron chi connectivity index (χ4n) is 1.86. The molecule has 5 nitrogen and oxygen atoms in total. The van der Waals surface area contributed by atoms with Crippen molar-refractivity contribution in [2.45, 2.75) is 4.90 Å². The van der Waals surface area contributed by atoms with Crippen LogP contribution in [-0.2, 0) is 14.8 Å². The Bertz CT molecular complexity index is 502. The molecule has 1 saturated heterocycles. The molecule has 8 heteroatoms. The van der Waals surface area contributed by atoms with Gasteiger partial charge >= 0.3 is 0 Å². The van der Waals surface area contributed by atoms with E-state index < -0.39 is 10.0 Å². The lowest BCUT2D eigenvalue weighted by Gasteiger charge is -2.26. The molecule has 0 atom stereocenters. The minimum absolute atomic E-state index is 0. The van der Waals surface area contributed by atoms with Crippen molar-refractivity contribution >= 4 is 21.6 Å². The van der Waals surface area contributed by atoms with E-state index in [9.17, 15) is 8.42 Å². The monoisotopic (exact) mass is 339 g/mol. The minimum Gasteiger partial charge on any atom is -1.00 e. The summed E-state index contributed by atoms with van der Waals surface area (Å²) in [4.78, 5) is 2.41. The number of hydrogen-bond acceptors (Lipinski definition) is 4. The summed E-state index contributed by atoms with van der Waals surface area (Å²) in [7, 11) is -3.44. The van der Waals surface area contributed by atoms with Crippen LogP contribution >= 0.6 is 11.6 Å². The van der Waals surface area contributed by atoms with Crippen LogP contribution in [0.15, 0.2) is 29.2 Å². The maximum absolute atomic E-state index is 12.0. The molecular weight excluding hydrogens is 323 g/mol. The average Bonchev–Trinajstić information content (AvgIpc) is 2.40. The van der Waals surface area contributed by atoms with Gasteiger partial charge in [0.15, 0.2) is 0 Å². The normalized spacial score (nSPS) is 16.6. The Morgan fingerprint density at radius 2 is 1.80 bits per heavy atom. The van der Waals surface area contributed by atoms with Crippen molar-refractivity contribution in [3.63, 3.8) is 0 Å². The number of nitrogens with one attached hydrogen (secondary N) is 1. The molecule has 114 valence electrons. The Morgan fingerprint density at radius 3 is 2.40 bits per heavy atom. The van der Waals surface area contributed by atoms with Crippen LogP contribution in [-0.4, -0.2) is 52.7 Å². The molecule has 0 bridgehead atoms. The van der Waals surface area contributed by atoms with Gasteiger partial charge in [0.25, 0.3) is 0 Å². The minimum atomic E-state index is -3.44. The third-order valence-electron chi connectivity index (χ3n) is 2.95. The lowest BCUT2D eigenvalue weighted by molar-refractivity contribution is -0.00000814. The van der Waals surface area contributed by atoms with Gasteiger partial charge in [0, 0.05) is 31.2 Å². The highest BCUT2D eigenvalue weighted by Crippen LogP contribution is 2.13. The molecule has 1 aromatic carbocycles. The van der Waals surface area contributed by atoms with Gasteiger partial charge in [-0.05, 0) is 24.3 Å². The molecule has 2 rings (SSSR count). The molecule has 1 fully saturated rings. The van der Waals surface area contributed by atoms with Crippen LogP contribution in [0.3, 0.4) is 0 Å². The Morgan fingerprint density at radius 1 is 1.20 bits per heavy atom. The summed E-state index contributed by atoms with van der Waals surface area (Å²) in [6.07, 6.45) is 0. The van der Waals surface area contributed by atoms with Gasteiger partial charge in [-0.25, -0.2) is 13.1 Å². The van der Waals surface area contributed by atoms with Crippen molar-refractivity contribution < 1.29 is 25.6 Å². The number of halogens is 2. The van der Waals surface area contributed by atoms with Crippen LogP contribution in [0.25, 0.3) is 0 Å². The van der Waals surface area contributed by atoms with Gasteiger partial charge in [-0.1, -0.05) is 11.6 Å². The van der Waals surface area contributed by atoms with Gasteiger partial charge in [0.2, 0.25) is 10.0 Å². The average molecular weight is 340 g/mol. The summed E-state index contributed by atoms with van der Waals surface area (Å²) < 4.78 is 31.8. The number of morpholine rings is 1. The number of hydrogen-bond donors (Lipinski definition) is 1. The highest BCUT2D eigenvalue weighted by molar-refractivity contribution is 7.89. The summed E-state index contributed by atoms with van der Waals surface area (Å²) >= 11 is 5.73. The molecule has 0 aliphatic carbocycles. The second-order valence-electron chi connectivity index (χ2n) is 4.31. The largest absolute Gasteiger partial charge is 1.00 e. The summed E-state index contributed by atoms with van der Waals surface area (Å²) in [5, 5.41) is 0.521. The zero-order valence-corrected chi connectivity index (χ0v) is 13.2. The number of sulfonamides is 1. The van der Waals surface area contributed by atoms with E-state index in [0.717, 1.165) is 13.1 Å². The zero-order chi connectivity index (χ0) is 13.7. The summed E-state index contributed by atoms with van der Waals surface area (Å²) in [6.45, 7) is 4.21. The first-order valence-electron chi connectivity index (χ1n) is 6.13. The molecule has 0 amide bonds. The Labute approximate surface area is 130 Å². The molecule has 0 spiro atoms. The van der Waals surface area contributed by atoms with Gasteiger partial charge < -0.3 is 17.1 Å². The maximum atomic E-state index is 12.0. The number of rotatable bonds is 5. The molecule has 1 N–H and O–H groups in total. The van der Waals surface area contributed by atoms with E-state index in [0.29, 0.717) is 31.3 Å². The molecule has 1 aliphatic rings. The second kappa shape index (κ2) is 8.17. The molecular formula is C12H17Cl2N2O3S-. The van der Waals surface area contributed by atoms with Crippen molar-refractivity contribution in [3.05, 3.63) is 29.3 Å². The van der Waals surface area contributed by atoms with Crippen LogP contribution in [0.1, 0.15) is 0 Å². The van der Waals surface area contributed by atoms with Gasteiger partial charge in [-0.2, -0.15) is 0 Å². The molecule has 1 heterocycles. The van der Waals surface area contributed by atoms with E-state index >= 15 is 0 Å². The quantitative estimate of drug-likeness (QED) is 0.671. The van der Waals surface area contributed by atoms with E-state index in [1.54, 1.807) is 12.1 Å². The smallest absolute Gasteiger partial charge is 0.240 e. The maximum Gasteiger partial charge on any atom is 0.240 e. The van der Waals surface area contributed by atoms with Gasteiger partial charge in [0.1, 0.15) is 0 Å². The molecule has 0 radical (unpaired) electrons. The van der Waals surface area contributed by atoms with Crippen molar-refractivity contribution in [2.75, 3.05) is 39.4 Å². The third-order valence-corrected chi connectivity index (χ3v) is 4.68. The van der Waals surface area contributed by atoms with Crippen LogP contribution in [0, 0.1) is 0 Å². The number of benzene rings is 1. The van der Waals surface area contributed by atoms with Crippen molar-refractivity contribution in [3.8, 4) is 0 Å². The molecule has 1 aliphatic heterocycles. The number of ether oxygens (including phenoxy) is 1. The summed E-state index contributed by atoms with van der Waals surface area (Å²) in [5.41, 5.74) is 0. The SMILES string of the molecule is O=S(=O)(NCCN1CCOCC1)c1ccc(Cl)cc1.[Cl-]. The fraction of sp³-hybridized carbons (Fsp3) is 0.500. The predicted octanol–water partition coefficient (Wildman–Crippen LogP) is -2.05. The van der Waals surface area contributed by atoms with E-state index in [4.69, 9.17) is 16.3 Å². The molecule has 1 aromatic rings. The van der Waals surface area contributed by atoms with Gasteiger partial charge in [-0.15, -0.1) is 0 Å². The van der Waals surface area contributed by atoms with Gasteiger partial charge in [-0.3, -0.25) is 4.90 Å². The second-order valence-corrected chi connectivity index (χ2v) is 6.51. The highest BCUT2D eigenvalue weighted by Gasteiger charge is 2.15. The van der Waals surface area contributed by atoms with Gasteiger partial charge in [0.05, 0.1) is 18.1 Å². The first-order valence-corrected chi connectivity index (χ1v) is 7.99. The first kappa shape index (κ1) is 17.7. The highest BCUT2D eigenvalue weighted by atomic mass is 35.5. The zero-order valence-electron chi connectivity index (χ0n) is 10.9. The lowest BCUT2D eigenvalue weighted by atomic mass is 10.4. The standard InChI is InChI=1S/C12H17ClN2O3S.ClH/c13-11-1-3-12(4-2-11)19(16,17)14-5-6-15-7-9-18-10-8-15;/h1-4,14H,5-10H2;1H/p-1. The number of nitrogens with zero attached hydrogens (tertiary/aromatic N) is 1. The topological polar surface area (TPSA) is 58.6 Å². The molecule has 0 aromatic heterocycles. The fourth-order valence-corrected chi connectivity index (χ4v) is 3.01. The Hall–Kier alpha value is -0.370. The van der Waals surface area contributed by atoms with E-state index in [-0.39, 0.29) is 17.3 Å².